The second kappa shape index (κ2) is 6.99. The van der Waals surface area contributed by atoms with Crippen LogP contribution in [0.1, 0.15) is 49.8 Å². The van der Waals surface area contributed by atoms with Crippen LogP contribution in [0.4, 0.5) is 0 Å². The molecule has 2 aromatic heterocycles. The summed E-state index contributed by atoms with van der Waals surface area (Å²) in [6.45, 7) is 4.35. The molecule has 0 radical (unpaired) electrons. The number of carbonyl (C=O) groups excluding carboxylic acids is 1. The zero-order valence-corrected chi connectivity index (χ0v) is 16.6. The molecule has 1 unspecified atom stereocenters. The minimum absolute atomic E-state index is 0.0301. The molecular formula is C24H23N3O2. The number of nitrogens with zero attached hydrogens (tertiary/aromatic N) is 3. The van der Waals surface area contributed by atoms with E-state index >= 15 is 0 Å². The van der Waals surface area contributed by atoms with Crippen molar-refractivity contribution in [3.05, 3.63) is 59.8 Å². The molecule has 5 heteroatoms. The zero-order valence-electron chi connectivity index (χ0n) is 16.6. The second-order valence-electron chi connectivity index (χ2n) is 8.02. The Hall–Kier alpha value is -3.21. The van der Waals surface area contributed by atoms with Crippen LogP contribution in [0.15, 0.2) is 53.2 Å². The molecule has 5 rings (SSSR count). The van der Waals surface area contributed by atoms with Crippen molar-refractivity contribution in [3.63, 3.8) is 0 Å². The van der Waals surface area contributed by atoms with E-state index in [1.54, 1.807) is 0 Å². The van der Waals surface area contributed by atoms with Gasteiger partial charge in [0.15, 0.2) is 0 Å². The average Bonchev–Trinajstić information content (AvgIpc) is 3.39. The lowest BCUT2D eigenvalue weighted by atomic mass is 9.81. The van der Waals surface area contributed by atoms with E-state index in [1.165, 1.54) is 11.1 Å². The lowest BCUT2D eigenvalue weighted by Crippen LogP contribution is -2.12. The molecule has 29 heavy (non-hydrogen) atoms. The topological polar surface area (TPSA) is 60.9 Å². The highest BCUT2D eigenvalue weighted by molar-refractivity contribution is 5.84. The van der Waals surface area contributed by atoms with Crippen LogP contribution >= 0.6 is 0 Å². The van der Waals surface area contributed by atoms with Gasteiger partial charge in [0.05, 0.1) is 0 Å². The van der Waals surface area contributed by atoms with Crippen molar-refractivity contribution in [2.75, 3.05) is 0 Å². The van der Waals surface area contributed by atoms with Gasteiger partial charge in [0.25, 0.3) is 5.89 Å². The van der Waals surface area contributed by atoms with Crippen LogP contribution in [-0.4, -0.2) is 21.0 Å². The number of hydrogen-bond donors (Lipinski definition) is 0. The SMILES string of the molecule is CC(C)n1ccc2cc(-c3nc(-c4cccc5c4CCCC5C=O)no3)ccc21. The highest BCUT2D eigenvalue weighted by Gasteiger charge is 2.24. The third-order valence-corrected chi connectivity index (χ3v) is 5.91. The number of hydrogen-bond acceptors (Lipinski definition) is 4. The summed E-state index contributed by atoms with van der Waals surface area (Å²) in [5.41, 5.74) is 5.35. The fourth-order valence-corrected chi connectivity index (χ4v) is 4.43. The molecule has 0 fully saturated rings. The first-order valence-electron chi connectivity index (χ1n) is 10.2. The molecule has 1 aliphatic rings. The average molecular weight is 385 g/mol. The van der Waals surface area contributed by atoms with Gasteiger partial charge in [-0.3, -0.25) is 0 Å². The molecule has 2 aromatic carbocycles. The van der Waals surface area contributed by atoms with Gasteiger partial charge in [0.1, 0.15) is 6.29 Å². The van der Waals surface area contributed by atoms with Crippen LogP contribution < -0.4 is 0 Å². The van der Waals surface area contributed by atoms with Crippen LogP contribution in [-0.2, 0) is 11.2 Å². The zero-order chi connectivity index (χ0) is 20.0. The van der Waals surface area contributed by atoms with Crippen LogP contribution in [0.3, 0.4) is 0 Å². The molecular weight excluding hydrogens is 362 g/mol. The number of carbonyl (C=O) groups is 1. The molecule has 1 aliphatic carbocycles. The third kappa shape index (κ3) is 2.97. The largest absolute Gasteiger partial charge is 0.345 e. The van der Waals surface area contributed by atoms with Gasteiger partial charge in [-0.1, -0.05) is 23.4 Å². The van der Waals surface area contributed by atoms with E-state index < -0.39 is 0 Å². The first-order valence-corrected chi connectivity index (χ1v) is 10.2. The monoisotopic (exact) mass is 385 g/mol. The number of rotatable bonds is 4. The van der Waals surface area contributed by atoms with Crippen molar-refractivity contribution in [2.45, 2.75) is 45.1 Å². The second-order valence-corrected chi connectivity index (χ2v) is 8.02. The molecule has 2 heterocycles. The molecule has 5 nitrogen and oxygen atoms in total. The summed E-state index contributed by atoms with van der Waals surface area (Å²) < 4.78 is 7.86. The van der Waals surface area contributed by atoms with E-state index in [1.807, 2.05) is 24.3 Å². The van der Waals surface area contributed by atoms with E-state index in [0.717, 1.165) is 47.6 Å². The van der Waals surface area contributed by atoms with Gasteiger partial charge in [-0.15, -0.1) is 0 Å². The Kier molecular flexibility index (Phi) is 4.31. The van der Waals surface area contributed by atoms with E-state index in [-0.39, 0.29) is 5.92 Å². The maximum absolute atomic E-state index is 11.5. The van der Waals surface area contributed by atoms with Gasteiger partial charge >= 0.3 is 0 Å². The van der Waals surface area contributed by atoms with Gasteiger partial charge in [-0.25, -0.2) is 0 Å². The van der Waals surface area contributed by atoms with Gasteiger partial charge in [-0.2, -0.15) is 4.98 Å². The Labute approximate surface area is 169 Å². The lowest BCUT2D eigenvalue weighted by Gasteiger charge is -2.22. The molecule has 0 aliphatic heterocycles. The molecule has 0 amide bonds. The summed E-state index contributed by atoms with van der Waals surface area (Å²) in [4.78, 5) is 16.1. The van der Waals surface area contributed by atoms with Crippen LogP contribution in [0.5, 0.6) is 0 Å². The molecule has 146 valence electrons. The summed E-state index contributed by atoms with van der Waals surface area (Å²) in [5.74, 6) is 1.07. The molecule has 4 aromatic rings. The Bertz CT molecular complexity index is 1200. The highest BCUT2D eigenvalue weighted by atomic mass is 16.5. The fourth-order valence-electron chi connectivity index (χ4n) is 4.43. The summed E-state index contributed by atoms with van der Waals surface area (Å²) in [6, 6.07) is 14.8. The molecule has 0 N–H and O–H groups in total. The number of fused-ring (bicyclic) bond motifs is 2. The van der Waals surface area contributed by atoms with Crippen LogP contribution in [0, 0.1) is 0 Å². The lowest BCUT2D eigenvalue weighted by molar-refractivity contribution is -0.109. The minimum atomic E-state index is -0.0301. The van der Waals surface area contributed by atoms with Gasteiger partial charge < -0.3 is 13.9 Å². The first kappa shape index (κ1) is 17.9. The molecule has 0 spiro atoms. The summed E-state index contributed by atoms with van der Waals surface area (Å²) in [7, 11) is 0. The van der Waals surface area contributed by atoms with Crippen molar-refractivity contribution >= 4 is 17.2 Å². The maximum Gasteiger partial charge on any atom is 0.258 e. The van der Waals surface area contributed by atoms with Gasteiger partial charge in [0, 0.05) is 40.2 Å². The van der Waals surface area contributed by atoms with Crippen molar-refractivity contribution < 1.29 is 9.32 Å². The standard InChI is InChI=1S/C24H23N3O2/c1-15(2)27-12-11-16-13-17(9-10-22(16)27)24-25-23(26-29-24)21-8-4-6-19-18(14-28)5-3-7-20(19)21/h4,6,8-15,18H,3,5,7H2,1-2H3. The van der Waals surface area contributed by atoms with E-state index in [9.17, 15) is 4.79 Å². The molecule has 1 atom stereocenters. The van der Waals surface area contributed by atoms with Crippen molar-refractivity contribution in [1.82, 2.24) is 14.7 Å². The fraction of sp³-hybridized carbons (Fsp3) is 0.292. The molecule has 0 bridgehead atoms. The Balaban J connectivity index is 1.54. The Morgan fingerprint density at radius 3 is 2.93 bits per heavy atom. The smallest absolute Gasteiger partial charge is 0.258 e. The minimum Gasteiger partial charge on any atom is -0.345 e. The normalized spacial score (nSPS) is 16.3. The molecule has 0 saturated heterocycles. The number of benzene rings is 2. The van der Waals surface area contributed by atoms with Crippen LogP contribution in [0.25, 0.3) is 33.7 Å². The van der Waals surface area contributed by atoms with E-state index in [2.05, 4.69) is 53.0 Å². The number of aromatic nitrogens is 3. The predicted molar refractivity (Wildman–Crippen MR) is 113 cm³/mol. The summed E-state index contributed by atoms with van der Waals surface area (Å²) in [6.07, 6.45) is 6.02. The quantitative estimate of drug-likeness (QED) is 0.432. The molecule has 0 saturated carbocycles. The van der Waals surface area contributed by atoms with Crippen molar-refractivity contribution in [2.24, 2.45) is 0 Å². The highest BCUT2D eigenvalue weighted by Crippen LogP contribution is 2.36. The van der Waals surface area contributed by atoms with E-state index in [4.69, 9.17) is 4.52 Å². The van der Waals surface area contributed by atoms with Crippen molar-refractivity contribution in [3.8, 4) is 22.8 Å². The predicted octanol–water partition coefficient (Wildman–Crippen LogP) is 5.56. The Morgan fingerprint density at radius 1 is 1.21 bits per heavy atom. The summed E-state index contributed by atoms with van der Waals surface area (Å²) >= 11 is 0. The third-order valence-electron chi connectivity index (χ3n) is 5.91. The first-order chi connectivity index (χ1) is 14.2. The van der Waals surface area contributed by atoms with Gasteiger partial charge in [-0.05, 0) is 68.5 Å². The van der Waals surface area contributed by atoms with E-state index in [0.29, 0.717) is 17.8 Å². The maximum atomic E-state index is 11.5. The number of aldehydes is 1. The van der Waals surface area contributed by atoms with Crippen LogP contribution in [0.2, 0.25) is 0 Å². The summed E-state index contributed by atoms with van der Waals surface area (Å²) in [5, 5.41) is 5.41. The van der Waals surface area contributed by atoms with Gasteiger partial charge in [0.2, 0.25) is 5.82 Å². The Morgan fingerprint density at radius 2 is 2.10 bits per heavy atom. The van der Waals surface area contributed by atoms with Crippen molar-refractivity contribution in [1.29, 1.82) is 0 Å².